The molecular weight excluding hydrogens is 395 g/mol. The van der Waals surface area contributed by atoms with Gasteiger partial charge in [-0.3, -0.25) is 4.99 Å². The Balaban J connectivity index is 0.00000361. The van der Waals surface area contributed by atoms with Gasteiger partial charge in [-0.1, -0.05) is 0 Å². The van der Waals surface area contributed by atoms with Gasteiger partial charge in [0.05, 0.1) is 0 Å². The van der Waals surface area contributed by atoms with E-state index in [-0.39, 0.29) is 29.8 Å². The number of guanidine groups is 1. The second-order valence-electron chi connectivity index (χ2n) is 3.90. The van der Waals surface area contributed by atoms with Gasteiger partial charge in [0.2, 0.25) is 0 Å². The smallest absolute Gasteiger partial charge is 0.191 e. The molecule has 0 saturated heterocycles. The van der Waals surface area contributed by atoms with Gasteiger partial charge in [-0.2, -0.15) is 11.8 Å². The van der Waals surface area contributed by atoms with Crippen molar-refractivity contribution in [2.75, 3.05) is 32.1 Å². The zero-order chi connectivity index (χ0) is 14.1. The lowest BCUT2D eigenvalue weighted by Crippen LogP contribution is -2.39. The minimum absolute atomic E-state index is 0. The molecule has 0 heterocycles. The largest absolute Gasteiger partial charge is 0.356 e. The molecule has 3 nitrogen and oxygen atoms in total. The minimum atomic E-state index is -0.418. The molecule has 0 aliphatic carbocycles. The summed E-state index contributed by atoms with van der Waals surface area (Å²) < 4.78 is 26.4. The van der Waals surface area contributed by atoms with E-state index in [1.54, 1.807) is 18.8 Å². The third-order valence-corrected chi connectivity index (χ3v) is 3.13. The van der Waals surface area contributed by atoms with Crippen LogP contribution < -0.4 is 10.6 Å². The summed E-state index contributed by atoms with van der Waals surface area (Å²) >= 11 is 1.74. The molecule has 0 aliphatic heterocycles. The fourth-order valence-electron chi connectivity index (χ4n) is 1.54. The monoisotopic (exact) mass is 415 g/mol. The van der Waals surface area contributed by atoms with Gasteiger partial charge in [0.15, 0.2) is 5.96 Å². The van der Waals surface area contributed by atoms with Crippen LogP contribution in [0.5, 0.6) is 0 Å². The second-order valence-corrected chi connectivity index (χ2v) is 4.89. The molecule has 0 aliphatic rings. The Kier molecular flexibility index (Phi) is 10.8. The Bertz CT molecular complexity index is 430. The zero-order valence-corrected chi connectivity index (χ0v) is 14.7. The third kappa shape index (κ3) is 7.28. The van der Waals surface area contributed by atoms with E-state index >= 15 is 0 Å². The van der Waals surface area contributed by atoms with E-state index in [4.69, 9.17) is 0 Å². The van der Waals surface area contributed by atoms with Crippen LogP contribution in [0.4, 0.5) is 8.78 Å². The van der Waals surface area contributed by atoms with Crippen LogP contribution in [0.2, 0.25) is 0 Å². The maximum atomic E-state index is 13.4. The molecule has 0 radical (unpaired) electrons. The van der Waals surface area contributed by atoms with Crippen molar-refractivity contribution in [2.45, 2.75) is 6.42 Å². The minimum Gasteiger partial charge on any atom is -0.356 e. The molecule has 114 valence electrons. The van der Waals surface area contributed by atoms with Crippen molar-refractivity contribution in [2.24, 2.45) is 4.99 Å². The number of rotatable bonds is 6. The molecule has 20 heavy (non-hydrogen) atoms. The van der Waals surface area contributed by atoms with Gasteiger partial charge < -0.3 is 10.6 Å². The molecule has 0 spiro atoms. The second kappa shape index (κ2) is 11.1. The molecule has 0 atom stereocenters. The SMILES string of the molecule is CN=C(NCCSC)NCCc1cc(F)ccc1F.I. The number of nitrogens with zero attached hydrogens (tertiary/aromatic N) is 1. The number of hydrogen-bond donors (Lipinski definition) is 2. The Hall–Kier alpha value is -0.570. The van der Waals surface area contributed by atoms with Crippen LogP contribution in [0.15, 0.2) is 23.2 Å². The summed E-state index contributed by atoms with van der Waals surface area (Å²) in [6.45, 7) is 1.31. The summed E-state index contributed by atoms with van der Waals surface area (Å²) in [7, 11) is 1.68. The number of thioether (sulfide) groups is 1. The fraction of sp³-hybridized carbons (Fsp3) is 0.462. The van der Waals surface area contributed by atoms with Crippen molar-refractivity contribution in [3.8, 4) is 0 Å². The molecular formula is C13H20F2IN3S. The average molecular weight is 415 g/mol. The highest BCUT2D eigenvalue weighted by Gasteiger charge is 2.04. The van der Waals surface area contributed by atoms with E-state index in [0.717, 1.165) is 24.4 Å². The maximum absolute atomic E-state index is 13.4. The molecule has 1 aromatic rings. The Morgan fingerprint density at radius 1 is 1.25 bits per heavy atom. The molecule has 0 aromatic heterocycles. The van der Waals surface area contributed by atoms with Gasteiger partial charge in [0.1, 0.15) is 11.6 Å². The normalized spacial score (nSPS) is 10.9. The van der Waals surface area contributed by atoms with Crippen LogP contribution in [0.3, 0.4) is 0 Å². The van der Waals surface area contributed by atoms with Crippen molar-refractivity contribution in [1.82, 2.24) is 10.6 Å². The standard InChI is InChI=1S/C13H19F2N3S.HI/c1-16-13(18-7-8-19-2)17-6-5-10-9-11(14)3-4-12(10)15;/h3-4,9H,5-8H2,1-2H3,(H2,16,17,18);1H. The molecule has 0 saturated carbocycles. The number of halogens is 3. The summed E-state index contributed by atoms with van der Waals surface area (Å²) in [4.78, 5) is 4.05. The number of nitrogens with one attached hydrogen (secondary N) is 2. The molecule has 1 rings (SSSR count). The first-order chi connectivity index (χ1) is 9.17. The first kappa shape index (κ1) is 19.4. The van der Waals surface area contributed by atoms with Gasteiger partial charge >= 0.3 is 0 Å². The first-order valence-electron chi connectivity index (χ1n) is 6.04. The Morgan fingerprint density at radius 2 is 1.95 bits per heavy atom. The summed E-state index contributed by atoms with van der Waals surface area (Å²) in [5, 5.41) is 6.20. The van der Waals surface area contributed by atoms with E-state index in [1.807, 2.05) is 6.26 Å². The Labute approximate surface area is 140 Å². The summed E-state index contributed by atoms with van der Waals surface area (Å²) in [5.74, 6) is 0.859. The quantitative estimate of drug-likeness (QED) is 0.325. The number of benzene rings is 1. The molecule has 1 aromatic carbocycles. The van der Waals surface area contributed by atoms with Crippen LogP contribution in [0.1, 0.15) is 5.56 Å². The summed E-state index contributed by atoms with van der Waals surface area (Å²) in [6, 6.07) is 3.49. The molecule has 0 unspecified atom stereocenters. The van der Waals surface area contributed by atoms with E-state index in [0.29, 0.717) is 24.5 Å². The topological polar surface area (TPSA) is 36.4 Å². The van der Waals surface area contributed by atoms with E-state index in [2.05, 4.69) is 15.6 Å². The highest BCUT2D eigenvalue weighted by Crippen LogP contribution is 2.09. The molecule has 0 bridgehead atoms. The Morgan fingerprint density at radius 3 is 2.60 bits per heavy atom. The maximum Gasteiger partial charge on any atom is 0.191 e. The lowest BCUT2D eigenvalue weighted by atomic mass is 10.1. The van der Waals surface area contributed by atoms with Gasteiger partial charge in [-0.15, -0.1) is 24.0 Å². The van der Waals surface area contributed by atoms with Crippen molar-refractivity contribution in [1.29, 1.82) is 0 Å². The predicted molar refractivity (Wildman–Crippen MR) is 93.2 cm³/mol. The lowest BCUT2D eigenvalue weighted by Gasteiger charge is -2.11. The number of hydrogen-bond acceptors (Lipinski definition) is 2. The molecule has 0 amide bonds. The fourth-order valence-corrected chi connectivity index (χ4v) is 1.85. The zero-order valence-electron chi connectivity index (χ0n) is 11.6. The summed E-state index contributed by atoms with van der Waals surface area (Å²) in [6.07, 6.45) is 2.44. The predicted octanol–water partition coefficient (Wildman–Crippen LogP) is 2.65. The van der Waals surface area contributed by atoms with Crippen LogP contribution in [0, 0.1) is 11.6 Å². The van der Waals surface area contributed by atoms with Crippen molar-refractivity contribution in [3.63, 3.8) is 0 Å². The molecule has 7 heteroatoms. The first-order valence-corrected chi connectivity index (χ1v) is 7.44. The van der Waals surface area contributed by atoms with Gasteiger partial charge in [0.25, 0.3) is 0 Å². The van der Waals surface area contributed by atoms with Crippen LogP contribution >= 0.6 is 35.7 Å². The van der Waals surface area contributed by atoms with Crippen molar-refractivity contribution >= 4 is 41.7 Å². The van der Waals surface area contributed by atoms with Crippen LogP contribution in [-0.4, -0.2) is 38.1 Å². The number of aliphatic imine (C=N–C) groups is 1. The van der Waals surface area contributed by atoms with Crippen molar-refractivity contribution < 1.29 is 8.78 Å². The van der Waals surface area contributed by atoms with E-state index in [9.17, 15) is 8.78 Å². The summed E-state index contributed by atoms with van der Waals surface area (Å²) in [5.41, 5.74) is 0.368. The highest BCUT2D eigenvalue weighted by molar-refractivity contribution is 14.0. The van der Waals surface area contributed by atoms with Crippen molar-refractivity contribution in [3.05, 3.63) is 35.4 Å². The molecule has 0 fully saturated rings. The van der Waals surface area contributed by atoms with Crippen LogP contribution in [0.25, 0.3) is 0 Å². The van der Waals surface area contributed by atoms with Gasteiger partial charge in [-0.05, 0) is 36.4 Å². The van der Waals surface area contributed by atoms with Gasteiger partial charge in [-0.25, -0.2) is 8.78 Å². The van der Waals surface area contributed by atoms with E-state index < -0.39 is 5.82 Å². The molecule has 2 N–H and O–H groups in total. The lowest BCUT2D eigenvalue weighted by molar-refractivity contribution is 0.583. The highest BCUT2D eigenvalue weighted by atomic mass is 127. The van der Waals surface area contributed by atoms with Crippen LogP contribution in [-0.2, 0) is 6.42 Å². The average Bonchev–Trinajstić information content (AvgIpc) is 2.41. The van der Waals surface area contributed by atoms with Gasteiger partial charge in [0, 0.05) is 25.9 Å². The third-order valence-electron chi connectivity index (χ3n) is 2.52. The van der Waals surface area contributed by atoms with E-state index in [1.165, 1.54) is 6.07 Å².